The Morgan fingerprint density at radius 3 is 1.69 bits per heavy atom. The molecule has 0 spiro atoms. The van der Waals surface area contributed by atoms with Crippen molar-refractivity contribution in [2.45, 2.75) is 50.0 Å². The molecule has 1 rings (SSSR count). The van der Waals surface area contributed by atoms with Gasteiger partial charge in [0.05, 0.1) is 0 Å². The van der Waals surface area contributed by atoms with E-state index in [-0.39, 0.29) is 17.6 Å². The summed E-state index contributed by atoms with van der Waals surface area (Å²) in [4.78, 5) is 0. The molecule has 1 heterocycles. The van der Waals surface area contributed by atoms with Gasteiger partial charge in [-0.3, -0.25) is 0 Å². The Kier molecular flexibility index (Phi) is 3.27. The Hall–Kier alpha value is 0.611. The Labute approximate surface area is 87.2 Å². The van der Waals surface area contributed by atoms with Gasteiger partial charge in [-0.25, -0.2) is 0 Å². The maximum absolute atomic E-state index is 6.07. The minimum atomic E-state index is -1.36. The molecule has 0 aromatic heterocycles. The molecule has 13 heavy (non-hydrogen) atoms. The van der Waals surface area contributed by atoms with E-state index >= 15 is 0 Å². The van der Waals surface area contributed by atoms with Gasteiger partial charge in [0, 0.05) is 24.2 Å². The molecule has 0 aromatic carbocycles. The maximum Gasteiger partial charge on any atom is 0.187 e. The largest absolute Gasteiger partial charge is 0.417 e. The van der Waals surface area contributed by atoms with E-state index in [4.69, 9.17) is 4.43 Å². The van der Waals surface area contributed by atoms with Crippen LogP contribution in [0.15, 0.2) is 0 Å². The molecule has 0 N–H and O–H groups in total. The van der Waals surface area contributed by atoms with E-state index < -0.39 is 8.32 Å². The van der Waals surface area contributed by atoms with Crippen molar-refractivity contribution >= 4 is 25.9 Å². The van der Waals surface area contributed by atoms with Crippen molar-refractivity contribution in [3.8, 4) is 0 Å². The van der Waals surface area contributed by atoms with E-state index in [2.05, 4.69) is 39.3 Å². The standard InChI is InChI=1S/C9H22OSi3/c1-11(2)9(12(3)4)7-8-10-13(9,5)6/h7-8H2,1-6H3. The topological polar surface area (TPSA) is 9.23 Å². The van der Waals surface area contributed by atoms with Crippen molar-refractivity contribution < 1.29 is 4.43 Å². The minimum absolute atomic E-state index is 0.195. The predicted molar refractivity (Wildman–Crippen MR) is 65.7 cm³/mol. The summed E-state index contributed by atoms with van der Waals surface area (Å²) in [5.41, 5.74) is 0. The van der Waals surface area contributed by atoms with Crippen LogP contribution < -0.4 is 0 Å². The number of rotatable bonds is 2. The van der Waals surface area contributed by atoms with E-state index in [1.165, 1.54) is 6.42 Å². The van der Waals surface area contributed by atoms with Crippen molar-refractivity contribution in [1.82, 2.24) is 0 Å². The second-order valence-electron chi connectivity index (χ2n) is 5.01. The maximum atomic E-state index is 6.07. The molecular formula is C9H22OSi3. The smallest absolute Gasteiger partial charge is 0.187 e. The summed E-state index contributed by atoms with van der Waals surface area (Å²) in [6, 6.07) is 0. The Morgan fingerprint density at radius 1 is 1.08 bits per heavy atom. The molecule has 0 aromatic rings. The van der Waals surface area contributed by atoms with Gasteiger partial charge in [-0.05, 0) is 23.8 Å². The molecular weight excluding hydrogens is 208 g/mol. The fourth-order valence-electron chi connectivity index (χ4n) is 3.09. The number of hydrogen-bond donors (Lipinski definition) is 0. The average Bonchev–Trinajstić information content (AvgIpc) is 2.25. The molecule has 4 heteroatoms. The monoisotopic (exact) mass is 230 g/mol. The third kappa shape index (κ3) is 1.62. The van der Waals surface area contributed by atoms with Gasteiger partial charge in [-0.15, -0.1) is 0 Å². The molecule has 1 aliphatic rings. The predicted octanol–water partition coefficient (Wildman–Crippen LogP) is 2.94. The minimum Gasteiger partial charge on any atom is -0.417 e. The van der Waals surface area contributed by atoms with Crippen molar-refractivity contribution in [1.29, 1.82) is 0 Å². The molecule has 1 saturated heterocycles. The fourth-order valence-corrected chi connectivity index (χ4v) is 19.9. The van der Waals surface area contributed by atoms with Crippen LogP contribution in [0.3, 0.4) is 0 Å². The van der Waals surface area contributed by atoms with Crippen LogP contribution in [0.5, 0.6) is 0 Å². The highest BCUT2D eigenvalue weighted by Crippen LogP contribution is 2.51. The first-order valence-corrected chi connectivity index (χ1v) is 13.0. The van der Waals surface area contributed by atoms with Crippen molar-refractivity contribution in [2.24, 2.45) is 0 Å². The quantitative estimate of drug-likeness (QED) is 0.663. The molecule has 1 aliphatic heterocycles. The van der Waals surface area contributed by atoms with Crippen LogP contribution in [0.25, 0.3) is 0 Å². The van der Waals surface area contributed by atoms with Crippen LogP contribution in [-0.2, 0) is 4.43 Å². The molecule has 1 nitrogen and oxygen atoms in total. The van der Waals surface area contributed by atoms with Gasteiger partial charge in [-0.1, -0.05) is 26.2 Å². The van der Waals surface area contributed by atoms with Gasteiger partial charge in [-0.2, -0.15) is 0 Å². The normalized spacial score (nSPS) is 25.8. The van der Waals surface area contributed by atoms with Crippen molar-refractivity contribution in [3.05, 3.63) is 0 Å². The van der Waals surface area contributed by atoms with Crippen LogP contribution in [0.2, 0.25) is 43.6 Å². The van der Waals surface area contributed by atoms with E-state index in [0.717, 1.165) is 6.61 Å². The van der Waals surface area contributed by atoms with E-state index in [0.29, 0.717) is 4.28 Å². The summed E-state index contributed by atoms with van der Waals surface area (Å²) in [5, 5.41) is 0. The van der Waals surface area contributed by atoms with Gasteiger partial charge in [0.15, 0.2) is 8.32 Å². The molecule has 0 aliphatic carbocycles. The van der Waals surface area contributed by atoms with Crippen molar-refractivity contribution in [3.63, 3.8) is 0 Å². The third-order valence-electron chi connectivity index (χ3n) is 3.67. The molecule has 0 amide bonds. The first-order chi connectivity index (χ1) is 5.84. The molecule has 0 unspecified atom stereocenters. The summed E-state index contributed by atoms with van der Waals surface area (Å²) in [6.45, 7) is 15.9. The van der Waals surface area contributed by atoms with Crippen LogP contribution in [0, 0.1) is 0 Å². The van der Waals surface area contributed by atoms with Crippen molar-refractivity contribution in [2.75, 3.05) is 6.61 Å². The molecule has 76 valence electrons. The van der Waals surface area contributed by atoms with Crippen LogP contribution >= 0.6 is 0 Å². The lowest BCUT2D eigenvalue weighted by molar-refractivity contribution is 0.350. The zero-order valence-corrected chi connectivity index (χ0v) is 12.8. The van der Waals surface area contributed by atoms with Gasteiger partial charge in [0.1, 0.15) is 0 Å². The number of hydrogen-bond acceptors (Lipinski definition) is 1. The SMILES string of the molecule is C[Si](C)C1([Si](C)C)CCO[Si]1(C)C. The van der Waals surface area contributed by atoms with Gasteiger partial charge < -0.3 is 4.43 Å². The van der Waals surface area contributed by atoms with Gasteiger partial charge >= 0.3 is 0 Å². The van der Waals surface area contributed by atoms with E-state index in [1.807, 2.05) is 0 Å². The second kappa shape index (κ2) is 3.64. The average molecular weight is 231 g/mol. The lowest BCUT2D eigenvalue weighted by Gasteiger charge is -2.43. The fraction of sp³-hybridized carbons (Fsp3) is 1.00. The molecule has 0 atom stereocenters. The first-order valence-electron chi connectivity index (χ1n) is 5.10. The summed E-state index contributed by atoms with van der Waals surface area (Å²) < 4.78 is 6.78. The molecule has 0 saturated carbocycles. The molecule has 2 radical (unpaired) electrons. The summed E-state index contributed by atoms with van der Waals surface area (Å²) in [5.74, 6) is 0. The zero-order valence-electron chi connectivity index (χ0n) is 9.82. The van der Waals surface area contributed by atoms with Crippen LogP contribution in [0.4, 0.5) is 0 Å². The Morgan fingerprint density at radius 2 is 1.54 bits per heavy atom. The summed E-state index contributed by atoms with van der Waals surface area (Å²) in [7, 11) is -1.75. The second-order valence-corrected chi connectivity index (χ2v) is 16.4. The Balaban J connectivity index is 3.03. The summed E-state index contributed by atoms with van der Waals surface area (Å²) in [6.07, 6.45) is 1.37. The van der Waals surface area contributed by atoms with E-state index in [1.54, 1.807) is 0 Å². The zero-order chi connectivity index (χ0) is 10.3. The highest BCUT2D eigenvalue weighted by Gasteiger charge is 2.56. The van der Waals surface area contributed by atoms with Gasteiger partial charge in [0.25, 0.3) is 0 Å². The summed E-state index contributed by atoms with van der Waals surface area (Å²) >= 11 is 0. The lowest BCUT2D eigenvalue weighted by atomic mass is 10.5. The highest BCUT2D eigenvalue weighted by atomic mass is 28.4. The first kappa shape index (κ1) is 11.7. The molecule has 0 bridgehead atoms. The van der Waals surface area contributed by atoms with E-state index in [9.17, 15) is 0 Å². The third-order valence-corrected chi connectivity index (χ3v) is 20.4. The van der Waals surface area contributed by atoms with Crippen LogP contribution in [-0.4, -0.2) is 32.5 Å². The lowest BCUT2D eigenvalue weighted by Crippen LogP contribution is -2.53. The Bertz CT molecular complexity index is 181. The molecule has 1 fully saturated rings. The van der Waals surface area contributed by atoms with Gasteiger partial charge in [0.2, 0.25) is 0 Å². The van der Waals surface area contributed by atoms with Crippen LogP contribution in [0.1, 0.15) is 6.42 Å². The highest BCUT2D eigenvalue weighted by molar-refractivity contribution is 7.03.